The van der Waals surface area contributed by atoms with Crippen molar-refractivity contribution in [1.82, 2.24) is 15.2 Å². The summed E-state index contributed by atoms with van der Waals surface area (Å²) in [7, 11) is 0. The maximum atomic E-state index is 9.27. The summed E-state index contributed by atoms with van der Waals surface area (Å²) < 4.78 is 0. The number of rotatable bonds is 2. The minimum Gasteiger partial charge on any atom is -0.508 e. The van der Waals surface area contributed by atoms with Crippen LogP contribution in [0.3, 0.4) is 0 Å². The molecule has 0 aliphatic rings. The Morgan fingerprint density at radius 2 is 1.74 bits per heavy atom. The number of nitrogens with one attached hydrogen (secondary N) is 1. The molecule has 2 aromatic carbocycles. The van der Waals surface area contributed by atoms with Crippen LogP contribution >= 0.6 is 0 Å². The van der Waals surface area contributed by atoms with E-state index in [1.54, 1.807) is 24.3 Å². The van der Waals surface area contributed by atoms with E-state index in [0.29, 0.717) is 5.82 Å². The molecule has 0 bridgehead atoms. The Hall–Kier alpha value is -2.62. The Morgan fingerprint density at radius 1 is 1.00 bits per heavy atom. The van der Waals surface area contributed by atoms with E-state index in [2.05, 4.69) is 15.2 Å². The molecule has 3 aromatic rings. The van der Waals surface area contributed by atoms with E-state index < -0.39 is 0 Å². The number of H-pyrrole nitrogens is 1. The Balaban J connectivity index is 2.00. The fourth-order valence-electron chi connectivity index (χ4n) is 1.96. The molecule has 4 nitrogen and oxygen atoms in total. The number of benzene rings is 2. The highest BCUT2D eigenvalue weighted by molar-refractivity contribution is 5.63. The average molecular weight is 251 g/mol. The van der Waals surface area contributed by atoms with Crippen LogP contribution in [0.1, 0.15) is 5.56 Å². The molecule has 94 valence electrons. The van der Waals surface area contributed by atoms with Gasteiger partial charge in [-0.2, -0.15) is 5.10 Å². The van der Waals surface area contributed by atoms with Crippen molar-refractivity contribution in [3.63, 3.8) is 0 Å². The van der Waals surface area contributed by atoms with Gasteiger partial charge in [0.2, 0.25) is 0 Å². The van der Waals surface area contributed by atoms with Crippen molar-refractivity contribution >= 4 is 0 Å². The maximum absolute atomic E-state index is 9.27. The first-order valence-electron chi connectivity index (χ1n) is 6.02. The topological polar surface area (TPSA) is 61.8 Å². The molecule has 0 unspecified atom stereocenters. The van der Waals surface area contributed by atoms with Crippen molar-refractivity contribution < 1.29 is 5.11 Å². The molecule has 0 aliphatic carbocycles. The molecule has 0 amide bonds. The highest BCUT2D eigenvalue weighted by atomic mass is 16.3. The summed E-state index contributed by atoms with van der Waals surface area (Å²) in [4.78, 5) is 4.49. The molecule has 3 rings (SSSR count). The van der Waals surface area contributed by atoms with E-state index >= 15 is 0 Å². The molecule has 1 aromatic heterocycles. The van der Waals surface area contributed by atoms with Crippen molar-refractivity contribution in [2.24, 2.45) is 0 Å². The van der Waals surface area contributed by atoms with Gasteiger partial charge in [0, 0.05) is 11.1 Å². The summed E-state index contributed by atoms with van der Waals surface area (Å²) in [5.74, 6) is 1.61. The Bertz CT molecular complexity index is 701. The van der Waals surface area contributed by atoms with E-state index in [1.807, 2.05) is 31.2 Å². The lowest BCUT2D eigenvalue weighted by Crippen LogP contribution is -1.84. The molecule has 0 fully saturated rings. The number of hydrogen-bond donors (Lipinski definition) is 2. The molecule has 0 saturated heterocycles. The van der Waals surface area contributed by atoms with Gasteiger partial charge < -0.3 is 5.11 Å². The predicted molar refractivity (Wildman–Crippen MR) is 73.7 cm³/mol. The second-order valence-electron chi connectivity index (χ2n) is 4.37. The highest BCUT2D eigenvalue weighted by Gasteiger charge is 2.09. The second-order valence-corrected chi connectivity index (χ2v) is 4.37. The van der Waals surface area contributed by atoms with Crippen LogP contribution in [0.2, 0.25) is 0 Å². The first-order valence-corrected chi connectivity index (χ1v) is 6.02. The largest absolute Gasteiger partial charge is 0.508 e. The standard InChI is InChI=1S/C15H13N3O/c1-10-4-2-3-5-13(10)15-16-14(17-18-15)11-6-8-12(19)9-7-11/h2-9,19H,1H3,(H,16,17,18). The third-order valence-corrected chi connectivity index (χ3v) is 3.01. The van der Waals surface area contributed by atoms with Gasteiger partial charge in [-0.25, -0.2) is 4.98 Å². The van der Waals surface area contributed by atoms with E-state index in [9.17, 15) is 5.11 Å². The zero-order valence-corrected chi connectivity index (χ0v) is 10.5. The van der Waals surface area contributed by atoms with Crippen LogP contribution in [-0.2, 0) is 0 Å². The Morgan fingerprint density at radius 3 is 2.47 bits per heavy atom. The summed E-state index contributed by atoms with van der Waals surface area (Å²) in [6.07, 6.45) is 0. The van der Waals surface area contributed by atoms with E-state index in [0.717, 1.165) is 22.5 Å². The van der Waals surface area contributed by atoms with Gasteiger partial charge >= 0.3 is 0 Å². The van der Waals surface area contributed by atoms with Gasteiger partial charge in [-0.15, -0.1) is 0 Å². The summed E-state index contributed by atoms with van der Waals surface area (Å²) in [5, 5.41) is 16.4. The molecule has 0 aliphatic heterocycles. The molecular weight excluding hydrogens is 238 g/mol. The normalized spacial score (nSPS) is 10.6. The summed E-state index contributed by atoms with van der Waals surface area (Å²) in [5.41, 5.74) is 3.06. The van der Waals surface area contributed by atoms with Gasteiger partial charge in [-0.1, -0.05) is 24.3 Å². The lowest BCUT2D eigenvalue weighted by molar-refractivity contribution is 0.475. The van der Waals surface area contributed by atoms with Crippen LogP contribution in [0.25, 0.3) is 22.8 Å². The number of aromatic hydroxyl groups is 1. The molecule has 0 saturated carbocycles. The minimum absolute atomic E-state index is 0.235. The summed E-state index contributed by atoms with van der Waals surface area (Å²) in [6.45, 7) is 2.04. The van der Waals surface area contributed by atoms with Crippen LogP contribution in [0, 0.1) is 6.92 Å². The van der Waals surface area contributed by atoms with Crippen molar-refractivity contribution in [3.8, 4) is 28.5 Å². The predicted octanol–water partition coefficient (Wildman–Crippen LogP) is 3.15. The van der Waals surface area contributed by atoms with E-state index in [1.165, 1.54) is 0 Å². The van der Waals surface area contributed by atoms with Crippen LogP contribution in [0.4, 0.5) is 0 Å². The van der Waals surface area contributed by atoms with Crippen molar-refractivity contribution in [2.75, 3.05) is 0 Å². The van der Waals surface area contributed by atoms with Crippen LogP contribution in [0.5, 0.6) is 5.75 Å². The molecule has 0 spiro atoms. The van der Waals surface area contributed by atoms with Crippen LogP contribution in [0.15, 0.2) is 48.5 Å². The lowest BCUT2D eigenvalue weighted by atomic mass is 10.1. The number of hydrogen-bond acceptors (Lipinski definition) is 3. The van der Waals surface area contributed by atoms with Gasteiger partial charge in [-0.3, -0.25) is 5.10 Å². The SMILES string of the molecule is Cc1ccccc1-c1nc(-c2ccc(O)cc2)n[nH]1. The number of phenolic OH excluding ortho intramolecular Hbond substituents is 1. The quantitative estimate of drug-likeness (QED) is 0.735. The van der Waals surface area contributed by atoms with Crippen molar-refractivity contribution in [3.05, 3.63) is 54.1 Å². The maximum Gasteiger partial charge on any atom is 0.181 e. The van der Waals surface area contributed by atoms with Gasteiger partial charge in [0.05, 0.1) is 0 Å². The third kappa shape index (κ3) is 2.20. The highest BCUT2D eigenvalue weighted by Crippen LogP contribution is 2.23. The fourth-order valence-corrected chi connectivity index (χ4v) is 1.96. The van der Waals surface area contributed by atoms with Crippen LogP contribution in [-0.4, -0.2) is 20.3 Å². The number of aryl methyl sites for hydroxylation is 1. The van der Waals surface area contributed by atoms with Crippen molar-refractivity contribution in [2.45, 2.75) is 6.92 Å². The molecule has 0 atom stereocenters. The zero-order chi connectivity index (χ0) is 13.2. The molecular formula is C15H13N3O. The minimum atomic E-state index is 0.235. The number of nitrogens with zero attached hydrogens (tertiary/aromatic N) is 2. The monoisotopic (exact) mass is 251 g/mol. The Kier molecular flexibility index (Phi) is 2.76. The smallest absolute Gasteiger partial charge is 0.181 e. The molecule has 4 heteroatoms. The lowest BCUT2D eigenvalue weighted by Gasteiger charge is -1.99. The second kappa shape index (κ2) is 4.57. The molecule has 1 heterocycles. The van der Waals surface area contributed by atoms with E-state index in [4.69, 9.17) is 0 Å². The molecule has 0 radical (unpaired) electrons. The molecule has 2 N–H and O–H groups in total. The number of aromatic amines is 1. The zero-order valence-electron chi connectivity index (χ0n) is 10.5. The van der Waals surface area contributed by atoms with Crippen LogP contribution < -0.4 is 0 Å². The summed E-state index contributed by atoms with van der Waals surface area (Å²) >= 11 is 0. The molecule has 19 heavy (non-hydrogen) atoms. The summed E-state index contributed by atoms with van der Waals surface area (Å²) in [6, 6.07) is 14.9. The number of aromatic nitrogens is 3. The third-order valence-electron chi connectivity index (χ3n) is 3.01. The van der Waals surface area contributed by atoms with Gasteiger partial charge in [-0.05, 0) is 36.8 Å². The fraction of sp³-hybridized carbons (Fsp3) is 0.0667. The first kappa shape index (κ1) is 11.5. The first-order chi connectivity index (χ1) is 9.24. The average Bonchev–Trinajstić information content (AvgIpc) is 2.89. The van der Waals surface area contributed by atoms with Gasteiger partial charge in [0.1, 0.15) is 5.75 Å². The van der Waals surface area contributed by atoms with E-state index in [-0.39, 0.29) is 5.75 Å². The van der Waals surface area contributed by atoms with Crippen molar-refractivity contribution in [1.29, 1.82) is 0 Å². The Labute approximate surface area is 110 Å². The number of phenols is 1. The van der Waals surface area contributed by atoms with Gasteiger partial charge in [0.15, 0.2) is 11.6 Å². The van der Waals surface area contributed by atoms with Gasteiger partial charge in [0.25, 0.3) is 0 Å².